The molecule has 18 heavy (non-hydrogen) atoms. The molecule has 0 atom stereocenters. The first kappa shape index (κ1) is 13.3. The van der Waals surface area contributed by atoms with Crippen LogP contribution in [0.2, 0.25) is 5.15 Å². The van der Waals surface area contributed by atoms with Crippen LogP contribution in [-0.2, 0) is 21.5 Å². The molecule has 1 aromatic carbocycles. The number of nitrogens with zero attached hydrogens (tertiary/aromatic N) is 1. The summed E-state index contributed by atoms with van der Waals surface area (Å²) in [4.78, 5) is 15.1. The Labute approximate surface area is 118 Å². The van der Waals surface area contributed by atoms with Crippen molar-refractivity contribution >= 4 is 44.4 Å². The number of carbonyl (C=O) groups is 1. The van der Waals surface area contributed by atoms with E-state index in [0.29, 0.717) is 10.7 Å². The van der Waals surface area contributed by atoms with Crippen LogP contribution in [0.15, 0.2) is 24.3 Å². The van der Waals surface area contributed by atoms with Gasteiger partial charge in [-0.25, -0.2) is 4.98 Å². The minimum absolute atomic E-state index is 0.150. The summed E-state index contributed by atoms with van der Waals surface area (Å²) in [6.07, 6.45) is 0. The zero-order chi connectivity index (χ0) is 13.1. The van der Waals surface area contributed by atoms with Crippen molar-refractivity contribution in [2.45, 2.75) is 18.9 Å². The first-order chi connectivity index (χ1) is 8.60. The van der Waals surface area contributed by atoms with Crippen LogP contribution < -0.4 is 0 Å². The van der Waals surface area contributed by atoms with Gasteiger partial charge >= 0.3 is 5.97 Å². The first-order valence-corrected chi connectivity index (χ1v) is 6.87. The number of esters is 1. The predicted octanol–water partition coefficient (Wildman–Crippen LogP) is 3.85. The third-order valence-corrected chi connectivity index (χ3v) is 3.47. The van der Waals surface area contributed by atoms with Crippen molar-refractivity contribution in [3.8, 4) is 0 Å². The van der Waals surface area contributed by atoms with Crippen LogP contribution in [0, 0.1) is 0 Å². The maximum Gasteiger partial charge on any atom is 0.302 e. The van der Waals surface area contributed by atoms with Crippen LogP contribution >= 0.6 is 27.5 Å². The largest absolute Gasteiger partial charge is 0.461 e. The summed E-state index contributed by atoms with van der Waals surface area (Å²) in [7, 11) is 0. The summed E-state index contributed by atoms with van der Waals surface area (Å²) in [5.41, 5.74) is 2.69. The Morgan fingerprint density at radius 2 is 2.22 bits per heavy atom. The SMILES string of the molecule is CC(=O)OCc1cc2ccc(CBr)cc2nc1Cl. The van der Waals surface area contributed by atoms with Crippen LogP contribution in [-0.4, -0.2) is 11.0 Å². The van der Waals surface area contributed by atoms with E-state index in [1.165, 1.54) is 6.92 Å². The number of pyridine rings is 1. The second kappa shape index (κ2) is 5.67. The van der Waals surface area contributed by atoms with Gasteiger partial charge in [0.05, 0.1) is 5.52 Å². The van der Waals surface area contributed by atoms with Gasteiger partial charge in [0.25, 0.3) is 0 Å². The molecule has 0 saturated heterocycles. The van der Waals surface area contributed by atoms with E-state index in [2.05, 4.69) is 20.9 Å². The van der Waals surface area contributed by atoms with E-state index in [0.717, 1.165) is 21.8 Å². The molecule has 0 unspecified atom stereocenters. The zero-order valence-corrected chi connectivity index (χ0v) is 12.1. The number of carbonyl (C=O) groups excluding carboxylic acids is 1. The third-order valence-electron chi connectivity index (χ3n) is 2.49. The molecule has 2 rings (SSSR count). The number of halogens is 2. The Balaban J connectivity index is 2.39. The molecule has 0 aliphatic rings. The van der Waals surface area contributed by atoms with Gasteiger partial charge in [-0.15, -0.1) is 0 Å². The molecule has 0 N–H and O–H groups in total. The van der Waals surface area contributed by atoms with Gasteiger partial charge in [-0.2, -0.15) is 0 Å². The van der Waals surface area contributed by atoms with Gasteiger partial charge in [0.1, 0.15) is 11.8 Å². The molecule has 94 valence electrons. The summed E-state index contributed by atoms with van der Waals surface area (Å²) in [5, 5.41) is 2.12. The quantitative estimate of drug-likeness (QED) is 0.488. The molecule has 2 aromatic rings. The number of hydrogen-bond donors (Lipinski definition) is 0. The van der Waals surface area contributed by atoms with Crippen molar-refractivity contribution in [1.82, 2.24) is 4.98 Å². The number of fused-ring (bicyclic) bond motifs is 1. The second-order valence-electron chi connectivity index (χ2n) is 3.88. The lowest BCUT2D eigenvalue weighted by Crippen LogP contribution is -2.00. The summed E-state index contributed by atoms with van der Waals surface area (Å²) >= 11 is 9.47. The number of alkyl halides is 1. The summed E-state index contributed by atoms with van der Waals surface area (Å²) in [6.45, 7) is 1.52. The van der Waals surface area contributed by atoms with E-state index in [1.54, 1.807) is 0 Å². The van der Waals surface area contributed by atoms with Crippen molar-refractivity contribution in [1.29, 1.82) is 0 Å². The zero-order valence-electron chi connectivity index (χ0n) is 9.74. The molecule has 0 aliphatic carbocycles. The predicted molar refractivity (Wildman–Crippen MR) is 74.9 cm³/mol. The number of ether oxygens (including phenoxy) is 1. The molecule has 3 nitrogen and oxygen atoms in total. The van der Waals surface area contributed by atoms with Crippen molar-refractivity contribution in [2.24, 2.45) is 0 Å². The van der Waals surface area contributed by atoms with Gasteiger partial charge in [0, 0.05) is 23.2 Å². The standard InChI is InChI=1S/C13H11BrClNO2/c1-8(17)18-7-11-5-10-3-2-9(6-14)4-12(10)16-13(11)15/h2-5H,6-7H2,1H3. The molecule has 1 heterocycles. The molecule has 0 radical (unpaired) electrons. The second-order valence-corrected chi connectivity index (χ2v) is 4.80. The Kier molecular flexibility index (Phi) is 4.19. The van der Waals surface area contributed by atoms with E-state index >= 15 is 0 Å². The normalized spacial score (nSPS) is 10.6. The Morgan fingerprint density at radius 1 is 1.44 bits per heavy atom. The monoisotopic (exact) mass is 327 g/mol. The van der Waals surface area contributed by atoms with Gasteiger partial charge < -0.3 is 4.74 Å². The molecule has 0 bridgehead atoms. The fraction of sp³-hybridized carbons (Fsp3) is 0.231. The lowest BCUT2D eigenvalue weighted by molar-refractivity contribution is -0.142. The fourth-order valence-electron chi connectivity index (χ4n) is 1.60. The van der Waals surface area contributed by atoms with Crippen LogP contribution in [0.5, 0.6) is 0 Å². The molecule has 1 aromatic heterocycles. The van der Waals surface area contributed by atoms with E-state index in [-0.39, 0.29) is 12.6 Å². The number of rotatable bonds is 3. The van der Waals surface area contributed by atoms with Gasteiger partial charge in [0.15, 0.2) is 0 Å². The van der Waals surface area contributed by atoms with Gasteiger partial charge in [-0.1, -0.05) is 39.7 Å². The Morgan fingerprint density at radius 3 is 2.89 bits per heavy atom. The van der Waals surface area contributed by atoms with E-state index < -0.39 is 0 Å². The molecule has 0 aliphatic heterocycles. The summed E-state index contributed by atoms with van der Waals surface area (Å²) in [6, 6.07) is 7.87. The van der Waals surface area contributed by atoms with Crippen molar-refractivity contribution < 1.29 is 9.53 Å². The summed E-state index contributed by atoms with van der Waals surface area (Å²) < 4.78 is 4.93. The molecule has 0 fully saturated rings. The van der Waals surface area contributed by atoms with Crippen LogP contribution in [0.4, 0.5) is 0 Å². The van der Waals surface area contributed by atoms with E-state index in [9.17, 15) is 4.79 Å². The molecule has 0 amide bonds. The highest BCUT2D eigenvalue weighted by Gasteiger charge is 2.07. The van der Waals surface area contributed by atoms with Gasteiger partial charge in [-0.3, -0.25) is 4.79 Å². The van der Waals surface area contributed by atoms with Gasteiger partial charge in [-0.05, 0) is 17.7 Å². The third kappa shape index (κ3) is 3.00. The smallest absolute Gasteiger partial charge is 0.302 e. The van der Waals surface area contributed by atoms with Crippen LogP contribution in [0.25, 0.3) is 10.9 Å². The molecule has 0 spiro atoms. The first-order valence-electron chi connectivity index (χ1n) is 5.37. The van der Waals surface area contributed by atoms with Crippen LogP contribution in [0.3, 0.4) is 0 Å². The Hall–Kier alpha value is -1.13. The lowest BCUT2D eigenvalue weighted by Gasteiger charge is -2.07. The molecular weight excluding hydrogens is 318 g/mol. The number of benzene rings is 1. The van der Waals surface area contributed by atoms with Crippen molar-refractivity contribution in [3.63, 3.8) is 0 Å². The molecular formula is C13H11BrClNO2. The lowest BCUT2D eigenvalue weighted by atomic mass is 10.1. The van der Waals surface area contributed by atoms with E-state index in [4.69, 9.17) is 16.3 Å². The highest BCUT2D eigenvalue weighted by atomic mass is 79.9. The fourth-order valence-corrected chi connectivity index (χ4v) is 2.15. The van der Waals surface area contributed by atoms with Gasteiger partial charge in [0.2, 0.25) is 0 Å². The minimum atomic E-state index is -0.333. The van der Waals surface area contributed by atoms with Crippen molar-refractivity contribution in [3.05, 3.63) is 40.5 Å². The molecule has 0 saturated carbocycles. The maximum absolute atomic E-state index is 10.8. The highest BCUT2D eigenvalue weighted by Crippen LogP contribution is 2.23. The highest BCUT2D eigenvalue weighted by molar-refractivity contribution is 9.08. The molecule has 5 heteroatoms. The number of aromatic nitrogens is 1. The summed E-state index contributed by atoms with van der Waals surface area (Å²) in [5.74, 6) is -0.333. The maximum atomic E-state index is 10.8. The average Bonchev–Trinajstić information content (AvgIpc) is 2.35. The topological polar surface area (TPSA) is 39.2 Å². The van der Waals surface area contributed by atoms with Crippen LogP contribution in [0.1, 0.15) is 18.1 Å². The Bertz CT molecular complexity index is 601. The minimum Gasteiger partial charge on any atom is -0.461 e. The van der Waals surface area contributed by atoms with E-state index in [1.807, 2.05) is 24.3 Å². The van der Waals surface area contributed by atoms with Crippen molar-refractivity contribution in [2.75, 3.05) is 0 Å². The number of hydrogen-bond acceptors (Lipinski definition) is 3. The average molecular weight is 329 g/mol.